The van der Waals surface area contributed by atoms with Gasteiger partial charge in [0.15, 0.2) is 11.5 Å². The molecule has 0 radical (unpaired) electrons. The number of hydrogen-bond acceptors (Lipinski definition) is 4. The molecule has 6 heteroatoms. The van der Waals surface area contributed by atoms with E-state index in [9.17, 15) is 9.59 Å². The van der Waals surface area contributed by atoms with Crippen molar-refractivity contribution in [2.45, 2.75) is 12.8 Å². The van der Waals surface area contributed by atoms with Crippen LogP contribution in [0.2, 0.25) is 0 Å². The molecule has 1 fully saturated rings. The van der Waals surface area contributed by atoms with Crippen LogP contribution >= 0.6 is 0 Å². The molecule has 4 rings (SSSR count). The minimum Gasteiger partial charge on any atom is -0.493 e. The van der Waals surface area contributed by atoms with Crippen molar-refractivity contribution in [3.8, 4) is 11.5 Å². The molecule has 2 heterocycles. The molecule has 1 aromatic heterocycles. The average molecular weight is 390 g/mol. The lowest BCUT2D eigenvalue weighted by Gasteiger charge is -2.14. The maximum atomic E-state index is 12.8. The summed E-state index contributed by atoms with van der Waals surface area (Å²) >= 11 is 0. The maximum absolute atomic E-state index is 12.8. The second-order valence-electron chi connectivity index (χ2n) is 6.93. The highest BCUT2D eigenvalue weighted by Crippen LogP contribution is 2.29. The third kappa shape index (κ3) is 3.61. The Kier molecular flexibility index (Phi) is 5.08. The number of para-hydroxylation sites is 1. The molecule has 1 aliphatic rings. The monoisotopic (exact) mass is 390 g/mol. The second kappa shape index (κ2) is 7.83. The van der Waals surface area contributed by atoms with E-state index < -0.39 is 0 Å². The van der Waals surface area contributed by atoms with Crippen molar-refractivity contribution in [1.82, 2.24) is 9.88 Å². The zero-order chi connectivity index (χ0) is 20.4. The Morgan fingerprint density at radius 1 is 1.07 bits per heavy atom. The molecule has 0 atom stereocenters. The van der Waals surface area contributed by atoms with Gasteiger partial charge in [0.25, 0.3) is 5.91 Å². The Balaban J connectivity index is 1.50. The van der Waals surface area contributed by atoms with Gasteiger partial charge in [0, 0.05) is 34.8 Å². The molecule has 29 heavy (non-hydrogen) atoms. The number of fused-ring (bicyclic) bond motifs is 1. The Morgan fingerprint density at radius 3 is 2.66 bits per heavy atom. The molecule has 3 aromatic rings. The summed E-state index contributed by atoms with van der Waals surface area (Å²) in [4.78, 5) is 29.8. The number of benzene rings is 2. The summed E-state index contributed by atoms with van der Waals surface area (Å²) in [6.07, 6.45) is 4.36. The number of H-pyrrole nitrogens is 1. The highest BCUT2D eigenvalue weighted by molar-refractivity contribution is 6.16. The minimum atomic E-state index is -0.222. The Bertz CT molecular complexity index is 1110. The van der Waals surface area contributed by atoms with Crippen LogP contribution in [0.5, 0.6) is 11.5 Å². The number of imide groups is 1. The fourth-order valence-electron chi connectivity index (χ4n) is 3.64. The standard InChI is InChI=1S/C23H22N2O4/c1-28-20-8-7-15(11-21(20)29-2)9-10-25-22(26)13-16(23(25)27)12-17-14-24-19-6-4-3-5-18(17)19/h3-8,11-12,14,24H,9-10,13H2,1-2H3. The molecule has 0 bridgehead atoms. The lowest BCUT2D eigenvalue weighted by atomic mass is 10.1. The van der Waals surface area contributed by atoms with Crippen molar-refractivity contribution < 1.29 is 19.1 Å². The summed E-state index contributed by atoms with van der Waals surface area (Å²) in [5, 5.41) is 1.03. The molecule has 6 nitrogen and oxygen atoms in total. The SMILES string of the molecule is COc1ccc(CCN2C(=O)CC(=Cc3c[nH]c4ccccc34)C2=O)cc1OC. The van der Waals surface area contributed by atoms with Gasteiger partial charge in [-0.2, -0.15) is 0 Å². The third-order valence-electron chi connectivity index (χ3n) is 5.19. The zero-order valence-electron chi connectivity index (χ0n) is 16.4. The first-order chi connectivity index (χ1) is 14.1. The zero-order valence-corrected chi connectivity index (χ0v) is 16.4. The minimum absolute atomic E-state index is 0.129. The number of likely N-dealkylation sites (tertiary alicyclic amines) is 1. The molecule has 0 saturated carbocycles. The van der Waals surface area contributed by atoms with Gasteiger partial charge in [0.2, 0.25) is 5.91 Å². The molecule has 2 aromatic carbocycles. The summed E-state index contributed by atoms with van der Waals surface area (Å²) < 4.78 is 10.6. The second-order valence-corrected chi connectivity index (χ2v) is 6.93. The van der Waals surface area contributed by atoms with Gasteiger partial charge in [-0.05, 0) is 36.3 Å². The van der Waals surface area contributed by atoms with Crippen molar-refractivity contribution in [3.05, 3.63) is 65.4 Å². The number of nitrogens with one attached hydrogen (secondary N) is 1. The maximum Gasteiger partial charge on any atom is 0.256 e. The molecular weight excluding hydrogens is 368 g/mol. The van der Waals surface area contributed by atoms with Crippen molar-refractivity contribution in [1.29, 1.82) is 0 Å². The molecule has 148 valence electrons. The van der Waals surface area contributed by atoms with Gasteiger partial charge in [-0.3, -0.25) is 14.5 Å². The molecule has 1 aliphatic heterocycles. The van der Waals surface area contributed by atoms with Crippen LogP contribution in [0.4, 0.5) is 0 Å². The Hall–Kier alpha value is -3.54. The van der Waals surface area contributed by atoms with Gasteiger partial charge < -0.3 is 14.5 Å². The van der Waals surface area contributed by atoms with Crippen LogP contribution in [0.25, 0.3) is 17.0 Å². The molecule has 0 spiro atoms. The average Bonchev–Trinajstić information content (AvgIpc) is 3.27. The number of carbonyl (C=O) groups is 2. The van der Waals surface area contributed by atoms with Crippen LogP contribution in [-0.4, -0.2) is 42.5 Å². The number of aromatic amines is 1. The number of rotatable bonds is 6. The van der Waals surface area contributed by atoms with Crippen molar-refractivity contribution >= 4 is 28.8 Å². The molecule has 0 aliphatic carbocycles. The molecule has 2 amide bonds. The molecule has 1 saturated heterocycles. The van der Waals surface area contributed by atoms with E-state index in [0.29, 0.717) is 30.0 Å². The third-order valence-corrected chi connectivity index (χ3v) is 5.19. The van der Waals surface area contributed by atoms with Crippen molar-refractivity contribution in [2.75, 3.05) is 20.8 Å². The lowest BCUT2D eigenvalue weighted by molar-refractivity contribution is -0.137. The van der Waals surface area contributed by atoms with Gasteiger partial charge in [-0.25, -0.2) is 0 Å². The van der Waals surface area contributed by atoms with E-state index in [1.54, 1.807) is 14.2 Å². The number of methoxy groups -OCH3 is 2. The van der Waals surface area contributed by atoms with E-state index in [-0.39, 0.29) is 18.2 Å². The van der Waals surface area contributed by atoms with Gasteiger partial charge in [0.1, 0.15) is 0 Å². The molecule has 0 unspecified atom stereocenters. The van der Waals surface area contributed by atoms with Crippen molar-refractivity contribution in [2.24, 2.45) is 0 Å². The summed E-state index contributed by atoms with van der Waals surface area (Å²) in [5.41, 5.74) is 3.41. The van der Waals surface area contributed by atoms with E-state index in [1.807, 2.05) is 54.7 Å². The predicted molar refractivity (Wildman–Crippen MR) is 111 cm³/mol. The normalized spacial score (nSPS) is 15.5. The first-order valence-corrected chi connectivity index (χ1v) is 9.43. The van der Waals surface area contributed by atoms with E-state index >= 15 is 0 Å². The fourth-order valence-corrected chi connectivity index (χ4v) is 3.64. The van der Waals surface area contributed by atoms with Gasteiger partial charge in [0.05, 0.1) is 20.6 Å². The largest absolute Gasteiger partial charge is 0.493 e. The summed E-state index contributed by atoms with van der Waals surface area (Å²) in [6.45, 7) is 0.332. The molecule has 1 N–H and O–H groups in total. The quantitative estimate of drug-likeness (QED) is 0.516. The summed E-state index contributed by atoms with van der Waals surface area (Å²) in [7, 11) is 3.16. The van der Waals surface area contributed by atoms with Gasteiger partial charge in [-0.15, -0.1) is 0 Å². The Morgan fingerprint density at radius 2 is 1.86 bits per heavy atom. The predicted octanol–water partition coefficient (Wildman–Crippen LogP) is 3.57. The smallest absolute Gasteiger partial charge is 0.256 e. The van der Waals surface area contributed by atoms with E-state index in [0.717, 1.165) is 22.0 Å². The number of nitrogens with zero attached hydrogens (tertiary/aromatic N) is 1. The first-order valence-electron chi connectivity index (χ1n) is 9.43. The topological polar surface area (TPSA) is 71.6 Å². The van der Waals surface area contributed by atoms with Crippen LogP contribution in [0.3, 0.4) is 0 Å². The van der Waals surface area contributed by atoms with Crippen LogP contribution in [0, 0.1) is 0 Å². The van der Waals surface area contributed by atoms with Crippen LogP contribution in [0.1, 0.15) is 17.5 Å². The number of hydrogen-bond donors (Lipinski definition) is 1. The highest BCUT2D eigenvalue weighted by Gasteiger charge is 2.33. The number of amides is 2. The van der Waals surface area contributed by atoms with Gasteiger partial charge >= 0.3 is 0 Å². The van der Waals surface area contributed by atoms with E-state index in [4.69, 9.17) is 9.47 Å². The number of ether oxygens (including phenoxy) is 2. The van der Waals surface area contributed by atoms with Crippen LogP contribution in [-0.2, 0) is 16.0 Å². The van der Waals surface area contributed by atoms with Crippen LogP contribution < -0.4 is 9.47 Å². The van der Waals surface area contributed by atoms with Crippen molar-refractivity contribution in [3.63, 3.8) is 0 Å². The number of carbonyl (C=O) groups excluding carboxylic acids is 2. The Labute approximate surface area is 168 Å². The molecular formula is C23H22N2O4. The highest BCUT2D eigenvalue weighted by atomic mass is 16.5. The fraction of sp³-hybridized carbons (Fsp3) is 0.217. The van der Waals surface area contributed by atoms with E-state index in [2.05, 4.69) is 4.98 Å². The number of aromatic nitrogens is 1. The summed E-state index contributed by atoms with van der Waals surface area (Å²) in [6, 6.07) is 13.5. The lowest BCUT2D eigenvalue weighted by Crippen LogP contribution is -2.31. The van der Waals surface area contributed by atoms with Crippen LogP contribution in [0.15, 0.2) is 54.2 Å². The summed E-state index contributed by atoms with van der Waals surface area (Å²) in [5.74, 6) is 0.889. The van der Waals surface area contributed by atoms with E-state index in [1.165, 1.54) is 4.90 Å². The van der Waals surface area contributed by atoms with Gasteiger partial charge in [-0.1, -0.05) is 24.3 Å². The first kappa shape index (κ1) is 18.8.